The zero-order valence-electron chi connectivity index (χ0n) is 15.3. The molecule has 1 saturated heterocycles. The van der Waals surface area contributed by atoms with Crippen molar-refractivity contribution >= 4 is 0 Å². The summed E-state index contributed by atoms with van der Waals surface area (Å²) in [7, 11) is 0. The molecule has 27 heavy (non-hydrogen) atoms. The Hall–Kier alpha value is -2.21. The van der Waals surface area contributed by atoms with E-state index in [0.29, 0.717) is 12.4 Å². The molecule has 0 N–H and O–H groups in total. The van der Waals surface area contributed by atoms with E-state index in [1.54, 1.807) is 0 Å². The summed E-state index contributed by atoms with van der Waals surface area (Å²) in [6.45, 7) is 5.12. The molecule has 3 rings (SSSR count). The summed E-state index contributed by atoms with van der Waals surface area (Å²) in [4.78, 5) is 2.29. The zero-order valence-corrected chi connectivity index (χ0v) is 15.3. The maximum Gasteiger partial charge on any atom is 0.416 e. The fraction of sp³-hybridized carbons (Fsp3) is 0.429. The predicted octanol–water partition coefficient (Wildman–Crippen LogP) is 5.02. The highest BCUT2D eigenvalue weighted by Crippen LogP contribution is 2.30. The number of benzene rings is 2. The van der Waals surface area contributed by atoms with Gasteiger partial charge in [-0.3, -0.25) is 4.90 Å². The molecule has 0 amide bonds. The summed E-state index contributed by atoms with van der Waals surface area (Å²) in [6.07, 6.45) is -2.48. The van der Waals surface area contributed by atoms with Crippen LogP contribution in [0.25, 0.3) is 0 Å². The predicted molar refractivity (Wildman–Crippen MR) is 98.1 cm³/mol. The van der Waals surface area contributed by atoms with Gasteiger partial charge in [0.15, 0.2) is 0 Å². The van der Waals surface area contributed by atoms with E-state index in [1.807, 2.05) is 30.3 Å². The van der Waals surface area contributed by atoms with E-state index >= 15 is 0 Å². The van der Waals surface area contributed by atoms with E-state index in [0.717, 1.165) is 50.4 Å². The lowest BCUT2D eigenvalue weighted by molar-refractivity contribution is -0.137. The molecule has 0 aliphatic carbocycles. The summed E-state index contributed by atoms with van der Waals surface area (Å²) in [5.41, 5.74) is -0.838. The third-order valence-electron chi connectivity index (χ3n) is 4.88. The molecule has 0 saturated carbocycles. The van der Waals surface area contributed by atoms with Crippen LogP contribution in [0.1, 0.15) is 25.3 Å². The number of halogens is 3. The van der Waals surface area contributed by atoms with Crippen LogP contribution in [-0.4, -0.2) is 36.7 Å². The molecule has 0 atom stereocenters. The molecule has 1 heterocycles. The van der Waals surface area contributed by atoms with Crippen LogP contribution >= 0.6 is 0 Å². The molecule has 0 unspecified atom stereocenters. The Labute approximate surface area is 157 Å². The van der Waals surface area contributed by atoms with E-state index < -0.39 is 11.7 Å². The molecular weight excluding hydrogens is 355 g/mol. The second kappa shape index (κ2) is 8.21. The fourth-order valence-electron chi connectivity index (χ4n) is 3.16. The van der Waals surface area contributed by atoms with Gasteiger partial charge in [-0.25, -0.2) is 0 Å². The topological polar surface area (TPSA) is 21.7 Å². The smallest absolute Gasteiger partial charge is 0.416 e. The van der Waals surface area contributed by atoms with Crippen molar-refractivity contribution in [2.24, 2.45) is 0 Å². The van der Waals surface area contributed by atoms with Crippen molar-refractivity contribution in [3.63, 3.8) is 0 Å². The van der Waals surface area contributed by atoms with Crippen molar-refractivity contribution in [1.82, 2.24) is 4.90 Å². The van der Waals surface area contributed by atoms with E-state index in [1.165, 1.54) is 12.1 Å². The van der Waals surface area contributed by atoms with Gasteiger partial charge >= 0.3 is 6.18 Å². The molecule has 146 valence electrons. The maximum absolute atomic E-state index is 12.6. The van der Waals surface area contributed by atoms with Crippen LogP contribution in [0.4, 0.5) is 13.2 Å². The van der Waals surface area contributed by atoms with Crippen LogP contribution in [0.5, 0.6) is 11.5 Å². The minimum absolute atomic E-state index is 0.174. The number of hydrogen-bond donors (Lipinski definition) is 0. The van der Waals surface area contributed by atoms with Crippen molar-refractivity contribution in [1.29, 1.82) is 0 Å². The first-order chi connectivity index (χ1) is 12.8. The summed E-state index contributed by atoms with van der Waals surface area (Å²) in [5.74, 6) is 1.34. The summed E-state index contributed by atoms with van der Waals surface area (Å²) in [6, 6.07) is 14.6. The number of piperidine rings is 1. The lowest BCUT2D eigenvalue weighted by Crippen LogP contribution is -2.47. The normalized spacial score (nSPS) is 17.5. The van der Waals surface area contributed by atoms with Gasteiger partial charge in [0.1, 0.15) is 23.7 Å². The van der Waals surface area contributed by atoms with E-state index in [2.05, 4.69) is 11.8 Å². The number of para-hydroxylation sites is 1. The first kappa shape index (κ1) is 19.5. The molecular formula is C21H24F3NO2. The summed E-state index contributed by atoms with van der Waals surface area (Å²) < 4.78 is 49.4. The van der Waals surface area contributed by atoms with Crippen molar-refractivity contribution in [2.45, 2.75) is 31.5 Å². The van der Waals surface area contributed by atoms with Gasteiger partial charge in [0.25, 0.3) is 0 Å². The van der Waals surface area contributed by atoms with Crippen molar-refractivity contribution in [3.05, 3.63) is 60.2 Å². The standard InChI is InChI=1S/C21H24F3NO2/c1-20(27-19-5-3-2-4-6-19)11-13-25(14-12-20)15-16-26-18-9-7-17(8-10-18)21(22,23)24/h2-10H,11-16H2,1H3. The van der Waals surface area contributed by atoms with E-state index in [-0.39, 0.29) is 5.60 Å². The first-order valence-electron chi connectivity index (χ1n) is 9.11. The van der Waals surface area contributed by atoms with Crippen molar-refractivity contribution in [3.8, 4) is 11.5 Å². The Morgan fingerprint density at radius 2 is 1.56 bits per heavy atom. The van der Waals surface area contributed by atoms with Crippen LogP contribution in [0, 0.1) is 0 Å². The van der Waals surface area contributed by atoms with Gasteiger partial charge in [-0.15, -0.1) is 0 Å². The Morgan fingerprint density at radius 1 is 0.926 bits per heavy atom. The van der Waals surface area contributed by atoms with E-state index in [4.69, 9.17) is 9.47 Å². The summed E-state index contributed by atoms with van der Waals surface area (Å²) >= 11 is 0. The minimum atomic E-state index is -4.32. The van der Waals surface area contributed by atoms with Gasteiger partial charge in [-0.2, -0.15) is 13.2 Å². The van der Waals surface area contributed by atoms with Crippen LogP contribution < -0.4 is 9.47 Å². The van der Waals surface area contributed by atoms with Gasteiger partial charge in [-0.05, 0) is 56.2 Å². The van der Waals surface area contributed by atoms with Gasteiger partial charge in [0.05, 0.1) is 5.56 Å². The minimum Gasteiger partial charge on any atom is -0.492 e. The monoisotopic (exact) mass is 379 g/mol. The number of nitrogens with zero attached hydrogens (tertiary/aromatic N) is 1. The third kappa shape index (κ3) is 5.63. The highest BCUT2D eigenvalue weighted by molar-refractivity contribution is 5.28. The molecule has 0 bridgehead atoms. The second-order valence-electron chi connectivity index (χ2n) is 7.08. The lowest BCUT2D eigenvalue weighted by Gasteiger charge is -2.39. The van der Waals surface area contributed by atoms with Crippen LogP contribution in [0.2, 0.25) is 0 Å². The first-order valence-corrected chi connectivity index (χ1v) is 9.11. The quantitative estimate of drug-likeness (QED) is 0.704. The highest BCUT2D eigenvalue weighted by atomic mass is 19.4. The molecule has 3 nitrogen and oxygen atoms in total. The zero-order chi connectivity index (χ0) is 19.3. The Bertz CT molecular complexity index is 708. The fourth-order valence-corrected chi connectivity index (χ4v) is 3.16. The average Bonchev–Trinajstić information content (AvgIpc) is 2.64. The Kier molecular flexibility index (Phi) is 5.95. The largest absolute Gasteiger partial charge is 0.492 e. The van der Waals surface area contributed by atoms with E-state index in [9.17, 15) is 13.2 Å². The van der Waals surface area contributed by atoms with Gasteiger partial charge in [0.2, 0.25) is 0 Å². The molecule has 2 aromatic carbocycles. The molecule has 1 aliphatic heterocycles. The SMILES string of the molecule is CC1(Oc2ccccc2)CCN(CCOc2ccc(C(F)(F)F)cc2)CC1. The van der Waals surface area contributed by atoms with Gasteiger partial charge in [-0.1, -0.05) is 18.2 Å². The number of hydrogen-bond acceptors (Lipinski definition) is 3. The Balaban J connectivity index is 1.41. The number of ether oxygens (including phenoxy) is 2. The number of rotatable bonds is 6. The number of alkyl halides is 3. The number of likely N-dealkylation sites (tertiary alicyclic amines) is 1. The van der Waals surface area contributed by atoms with Crippen LogP contribution in [0.3, 0.4) is 0 Å². The van der Waals surface area contributed by atoms with Gasteiger partial charge < -0.3 is 9.47 Å². The second-order valence-corrected chi connectivity index (χ2v) is 7.08. The van der Waals surface area contributed by atoms with Crippen LogP contribution in [-0.2, 0) is 6.18 Å². The molecule has 2 aromatic rings. The molecule has 0 radical (unpaired) electrons. The molecule has 0 spiro atoms. The van der Waals surface area contributed by atoms with Crippen LogP contribution in [0.15, 0.2) is 54.6 Å². The van der Waals surface area contributed by atoms with Gasteiger partial charge in [0, 0.05) is 19.6 Å². The molecule has 0 aromatic heterocycles. The average molecular weight is 379 g/mol. The maximum atomic E-state index is 12.6. The molecule has 6 heteroatoms. The molecule has 1 fully saturated rings. The lowest BCUT2D eigenvalue weighted by atomic mass is 9.93. The van der Waals surface area contributed by atoms with Crippen molar-refractivity contribution in [2.75, 3.05) is 26.2 Å². The Morgan fingerprint density at radius 3 is 2.15 bits per heavy atom. The van der Waals surface area contributed by atoms with Crippen molar-refractivity contribution < 1.29 is 22.6 Å². The summed E-state index contributed by atoms with van der Waals surface area (Å²) in [5, 5.41) is 0. The highest BCUT2D eigenvalue weighted by Gasteiger charge is 2.32. The third-order valence-corrected chi connectivity index (χ3v) is 4.88. The molecule has 1 aliphatic rings.